The molecule has 1 aliphatic rings. The summed E-state index contributed by atoms with van der Waals surface area (Å²) in [5.74, 6) is -0.147. The number of nitrogens with one attached hydrogen (secondary N) is 1. The van der Waals surface area contributed by atoms with Crippen molar-refractivity contribution >= 4 is 17.5 Å². The quantitative estimate of drug-likeness (QED) is 0.747. The van der Waals surface area contributed by atoms with Crippen molar-refractivity contribution < 1.29 is 9.53 Å². The minimum Gasteiger partial charge on any atom is -0.375 e. The summed E-state index contributed by atoms with van der Waals surface area (Å²) in [4.78, 5) is 14.3. The number of benzene rings is 1. The average molecular weight is 325 g/mol. The number of hydrogen-bond acceptors (Lipinski definition) is 3. The number of alkyl halides is 1. The van der Waals surface area contributed by atoms with E-state index in [1.165, 1.54) is 19.3 Å². The fourth-order valence-electron chi connectivity index (χ4n) is 2.56. The zero-order chi connectivity index (χ0) is 15.6. The molecular weight excluding hydrogens is 300 g/mol. The monoisotopic (exact) mass is 324 g/mol. The van der Waals surface area contributed by atoms with E-state index in [0.29, 0.717) is 13.2 Å². The number of ether oxygens (including phenoxy) is 1. The lowest BCUT2D eigenvalue weighted by molar-refractivity contribution is -0.121. The van der Waals surface area contributed by atoms with Gasteiger partial charge in [0.25, 0.3) is 0 Å². The van der Waals surface area contributed by atoms with Crippen molar-refractivity contribution in [2.75, 3.05) is 32.8 Å². The summed E-state index contributed by atoms with van der Waals surface area (Å²) in [6, 6.07) is 9.86. The molecule has 0 aliphatic carbocycles. The van der Waals surface area contributed by atoms with Gasteiger partial charge in [-0.25, -0.2) is 0 Å². The van der Waals surface area contributed by atoms with E-state index in [-0.39, 0.29) is 12.5 Å². The molecule has 4 nitrogen and oxygen atoms in total. The summed E-state index contributed by atoms with van der Waals surface area (Å²) in [5.41, 5.74) is 1.08. The molecule has 1 aromatic carbocycles. The van der Waals surface area contributed by atoms with E-state index in [1.54, 1.807) is 0 Å². The molecule has 2 rings (SSSR count). The van der Waals surface area contributed by atoms with E-state index in [9.17, 15) is 4.79 Å². The molecule has 0 aromatic heterocycles. The predicted octanol–water partition coefficient (Wildman–Crippen LogP) is 2.41. The van der Waals surface area contributed by atoms with Crippen LogP contribution in [-0.4, -0.2) is 49.0 Å². The highest BCUT2D eigenvalue weighted by Crippen LogP contribution is 2.07. The van der Waals surface area contributed by atoms with Crippen LogP contribution in [0.25, 0.3) is 0 Å². The molecule has 1 fully saturated rings. The summed E-state index contributed by atoms with van der Waals surface area (Å²) >= 11 is 6.07. The standard InChI is InChI=1S/C17H25ClN2O2/c18-16(14-22-13-15-7-3-1-4-8-15)17(21)19-9-12-20-10-5-2-6-11-20/h1,3-4,7-8,16H,2,5-6,9-14H2,(H,19,21). The zero-order valence-corrected chi connectivity index (χ0v) is 13.7. The van der Waals surface area contributed by atoms with E-state index in [4.69, 9.17) is 16.3 Å². The van der Waals surface area contributed by atoms with E-state index in [2.05, 4.69) is 10.2 Å². The highest BCUT2D eigenvalue weighted by Gasteiger charge is 2.16. The van der Waals surface area contributed by atoms with Crippen LogP contribution in [0.2, 0.25) is 0 Å². The molecule has 1 atom stereocenters. The second kappa shape index (κ2) is 9.82. The van der Waals surface area contributed by atoms with Gasteiger partial charge in [-0.2, -0.15) is 0 Å². The van der Waals surface area contributed by atoms with Crippen LogP contribution in [0.3, 0.4) is 0 Å². The van der Waals surface area contributed by atoms with Crippen molar-refractivity contribution in [1.29, 1.82) is 0 Å². The molecule has 1 heterocycles. The van der Waals surface area contributed by atoms with Gasteiger partial charge in [-0.15, -0.1) is 11.6 Å². The van der Waals surface area contributed by atoms with E-state index in [0.717, 1.165) is 25.2 Å². The molecule has 122 valence electrons. The lowest BCUT2D eigenvalue weighted by atomic mass is 10.1. The first-order chi connectivity index (χ1) is 10.8. The first-order valence-electron chi connectivity index (χ1n) is 8.01. The number of amides is 1. The number of rotatable bonds is 8. The van der Waals surface area contributed by atoms with E-state index >= 15 is 0 Å². The zero-order valence-electron chi connectivity index (χ0n) is 13.0. The van der Waals surface area contributed by atoms with Crippen LogP contribution < -0.4 is 5.32 Å². The molecule has 0 saturated carbocycles. The molecule has 0 radical (unpaired) electrons. The molecule has 22 heavy (non-hydrogen) atoms. The Labute approximate surface area is 137 Å². The molecule has 0 bridgehead atoms. The normalized spacial score (nSPS) is 17.1. The van der Waals surface area contributed by atoms with Crippen molar-refractivity contribution in [3.8, 4) is 0 Å². The van der Waals surface area contributed by atoms with Crippen LogP contribution in [0.15, 0.2) is 30.3 Å². The molecule has 1 saturated heterocycles. The highest BCUT2D eigenvalue weighted by atomic mass is 35.5. The van der Waals surface area contributed by atoms with Gasteiger partial charge >= 0.3 is 0 Å². The molecule has 1 amide bonds. The number of halogens is 1. The van der Waals surface area contributed by atoms with E-state index < -0.39 is 5.38 Å². The highest BCUT2D eigenvalue weighted by molar-refractivity contribution is 6.30. The SMILES string of the molecule is O=C(NCCN1CCCCC1)C(Cl)COCc1ccccc1. The Kier molecular flexibility index (Phi) is 7.71. The van der Waals surface area contributed by atoms with Crippen LogP contribution in [0, 0.1) is 0 Å². The van der Waals surface area contributed by atoms with Gasteiger partial charge in [0.15, 0.2) is 0 Å². The Morgan fingerprint density at radius 3 is 2.68 bits per heavy atom. The Balaban J connectivity index is 1.56. The summed E-state index contributed by atoms with van der Waals surface area (Å²) in [5, 5.41) is 2.25. The molecule has 0 spiro atoms. The largest absolute Gasteiger partial charge is 0.375 e. The second-order valence-corrected chi connectivity index (χ2v) is 6.19. The third-order valence-electron chi connectivity index (χ3n) is 3.84. The van der Waals surface area contributed by atoms with Gasteiger partial charge in [0.05, 0.1) is 13.2 Å². The first-order valence-corrected chi connectivity index (χ1v) is 8.45. The predicted molar refractivity (Wildman–Crippen MR) is 89.0 cm³/mol. The molecule has 1 aromatic rings. The summed E-state index contributed by atoms with van der Waals surface area (Å²) in [6.07, 6.45) is 3.85. The van der Waals surface area contributed by atoms with Gasteiger partial charge in [0.1, 0.15) is 5.38 Å². The number of likely N-dealkylation sites (tertiary alicyclic amines) is 1. The Morgan fingerprint density at radius 1 is 1.23 bits per heavy atom. The maximum Gasteiger partial charge on any atom is 0.240 e. The third-order valence-corrected chi connectivity index (χ3v) is 4.16. The summed E-state index contributed by atoms with van der Waals surface area (Å²) in [6.45, 7) is 4.54. The van der Waals surface area contributed by atoms with Crippen molar-refractivity contribution in [3.05, 3.63) is 35.9 Å². The van der Waals surface area contributed by atoms with Gasteiger partial charge in [0.2, 0.25) is 5.91 Å². The number of nitrogens with zero attached hydrogens (tertiary/aromatic N) is 1. The van der Waals surface area contributed by atoms with Crippen LogP contribution in [0.5, 0.6) is 0 Å². The summed E-state index contributed by atoms with van der Waals surface area (Å²) in [7, 11) is 0. The van der Waals surface area contributed by atoms with Crippen molar-refractivity contribution in [3.63, 3.8) is 0 Å². The van der Waals surface area contributed by atoms with Gasteiger partial charge < -0.3 is 15.0 Å². The Hall–Kier alpha value is -1.10. The van der Waals surface area contributed by atoms with E-state index in [1.807, 2.05) is 30.3 Å². The molecule has 1 aliphatic heterocycles. The molecule has 1 unspecified atom stereocenters. The minimum absolute atomic E-state index is 0.147. The van der Waals surface area contributed by atoms with Gasteiger partial charge in [-0.3, -0.25) is 4.79 Å². The third kappa shape index (κ3) is 6.34. The average Bonchev–Trinajstić information content (AvgIpc) is 2.56. The van der Waals surface area contributed by atoms with Gasteiger partial charge in [0, 0.05) is 13.1 Å². The van der Waals surface area contributed by atoms with Crippen LogP contribution in [0.1, 0.15) is 24.8 Å². The van der Waals surface area contributed by atoms with Crippen LogP contribution in [0.4, 0.5) is 0 Å². The van der Waals surface area contributed by atoms with Gasteiger partial charge in [-0.05, 0) is 31.5 Å². The maximum absolute atomic E-state index is 11.9. The van der Waals surface area contributed by atoms with Gasteiger partial charge in [-0.1, -0.05) is 36.8 Å². The molecule has 5 heteroatoms. The fraction of sp³-hybridized carbons (Fsp3) is 0.588. The smallest absolute Gasteiger partial charge is 0.240 e. The van der Waals surface area contributed by atoms with Crippen molar-refractivity contribution in [1.82, 2.24) is 10.2 Å². The number of carbonyl (C=O) groups excluding carboxylic acids is 1. The lowest BCUT2D eigenvalue weighted by Crippen LogP contribution is -2.40. The number of piperidine rings is 1. The fourth-order valence-corrected chi connectivity index (χ4v) is 2.73. The van der Waals surface area contributed by atoms with Crippen molar-refractivity contribution in [2.24, 2.45) is 0 Å². The second-order valence-electron chi connectivity index (χ2n) is 5.66. The van der Waals surface area contributed by atoms with Crippen molar-refractivity contribution in [2.45, 2.75) is 31.2 Å². The van der Waals surface area contributed by atoms with Crippen LogP contribution >= 0.6 is 11.6 Å². The number of hydrogen-bond donors (Lipinski definition) is 1. The Bertz CT molecular complexity index is 436. The van der Waals surface area contributed by atoms with Crippen LogP contribution in [-0.2, 0) is 16.1 Å². The topological polar surface area (TPSA) is 41.6 Å². The minimum atomic E-state index is -0.634. The number of carbonyl (C=O) groups is 1. The summed E-state index contributed by atoms with van der Waals surface area (Å²) < 4.78 is 5.50. The Morgan fingerprint density at radius 2 is 1.95 bits per heavy atom. The maximum atomic E-state index is 11.9. The molecular formula is C17H25ClN2O2. The lowest BCUT2D eigenvalue weighted by Gasteiger charge is -2.26. The molecule has 1 N–H and O–H groups in total. The first kappa shape index (κ1) is 17.3.